The Balaban J connectivity index is 1.54. The highest BCUT2D eigenvalue weighted by molar-refractivity contribution is 4.92. The van der Waals surface area contributed by atoms with Gasteiger partial charge in [0.25, 0.3) is 0 Å². The average molecular weight is 295 g/mol. The van der Waals surface area contributed by atoms with Gasteiger partial charge in [-0.05, 0) is 57.0 Å². The van der Waals surface area contributed by atoms with E-state index in [1.54, 1.807) is 0 Å². The van der Waals surface area contributed by atoms with E-state index in [0.29, 0.717) is 0 Å². The molecule has 2 aliphatic rings. The quantitative estimate of drug-likeness (QED) is 0.612. The number of piperidine rings is 1. The number of hydrogen-bond donors (Lipinski definition) is 2. The van der Waals surface area contributed by atoms with Crippen LogP contribution in [0.2, 0.25) is 0 Å². The van der Waals surface area contributed by atoms with E-state index in [4.69, 9.17) is 0 Å². The molecule has 2 nitrogen and oxygen atoms in total. The van der Waals surface area contributed by atoms with Crippen molar-refractivity contribution in [2.24, 2.45) is 11.8 Å². The highest BCUT2D eigenvalue weighted by atomic mass is 15.0. The zero-order valence-electron chi connectivity index (χ0n) is 14.5. The lowest BCUT2D eigenvalue weighted by atomic mass is 9.88. The van der Waals surface area contributed by atoms with Gasteiger partial charge in [-0.1, -0.05) is 52.4 Å². The molecule has 0 spiro atoms. The number of rotatable bonds is 9. The van der Waals surface area contributed by atoms with Gasteiger partial charge in [-0.3, -0.25) is 0 Å². The van der Waals surface area contributed by atoms with Crippen LogP contribution in [0.4, 0.5) is 0 Å². The molecule has 2 rings (SSSR count). The summed E-state index contributed by atoms with van der Waals surface area (Å²) in [6.07, 6.45) is 15.6. The summed E-state index contributed by atoms with van der Waals surface area (Å²) in [5, 5.41) is 7.67. The van der Waals surface area contributed by atoms with Crippen molar-refractivity contribution in [1.82, 2.24) is 10.6 Å². The maximum Gasteiger partial charge on any atom is 0.0110 e. The van der Waals surface area contributed by atoms with Crippen molar-refractivity contribution in [2.45, 2.75) is 96.6 Å². The zero-order valence-corrected chi connectivity index (χ0v) is 14.5. The molecule has 3 atom stereocenters. The molecule has 3 unspecified atom stereocenters. The van der Waals surface area contributed by atoms with E-state index in [-0.39, 0.29) is 0 Å². The van der Waals surface area contributed by atoms with Crippen LogP contribution < -0.4 is 10.6 Å². The molecule has 0 aromatic heterocycles. The van der Waals surface area contributed by atoms with Gasteiger partial charge in [-0.15, -0.1) is 0 Å². The van der Waals surface area contributed by atoms with Crippen LogP contribution in [0.15, 0.2) is 0 Å². The van der Waals surface area contributed by atoms with Crippen LogP contribution in [0.5, 0.6) is 0 Å². The van der Waals surface area contributed by atoms with Crippen molar-refractivity contribution in [3.8, 4) is 0 Å². The summed E-state index contributed by atoms with van der Waals surface area (Å²) in [6.45, 7) is 7.17. The summed E-state index contributed by atoms with van der Waals surface area (Å²) < 4.78 is 0. The molecule has 1 heterocycles. The molecule has 1 aliphatic carbocycles. The predicted octanol–water partition coefficient (Wildman–Crippen LogP) is 4.49. The lowest BCUT2D eigenvalue weighted by Crippen LogP contribution is -2.47. The number of nitrogens with one attached hydrogen (secondary N) is 2. The van der Waals surface area contributed by atoms with Gasteiger partial charge in [0.1, 0.15) is 0 Å². The Bertz CT molecular complexity index is 258. The molecule has 1 aliphatic heterocycles. The summed E-state index contributed by atoms with van der Waals surface area (Å²) in [5.41, 5.74) is 0. The minimum absolute atomic E-state index is 0.802. The van der Waals surface area contributed by atoms with Gasteiger partial charge >= 0.3 is 0 Å². The maximum atomic E-state index is 3.89. The first-order valence-electron chi connectivity index (χ1n) is 9.74. The van der Waals surface area contributed by atoms with Crippen molar-refractivity contribution in [3.63, 3.8) is 0 Å². The molecule has 2 heteroatoms. The predicted molar refractivity (Wildman–Crippen MR) is 92.7 cm³/mol. The van der Waals surface area contributed by atoms with Crippen LogP contribution in [0.3, 0.4) is 0 Å². The molecule has 0 aromatic rings. The van der Waals surface area contributed by atoms with Gasteiger partial charge in [0, 0.05) is 12.1 Å². The Morgan fingerprint density at radius 1 is 0.952 bits per heavy atom. The van der Waals surface area contributed by atoms with E-state index >= 15 is 0 Å². The van der Waals surface area contributed by atoms with Crippen LogP contribution in [0.25, 0.3) is 0 Å². The summed E-state index contributed by atoms with van der Waals surface area (Å²) in [6, 6.07) is 1.61. The SMILES string of the molecule is CC(C)CCCCCCNC1CCCC1C1CCCCN1. The standard InChI is InChI=1S/C19H38N2/c1-16(2)10-5-3-4-7-14-20-19-13-9-11-17(19)18-12-6-8-15-21-18/h16-21H,3-15H2,1-2H3. The fourth-order valence-electron chi connectivity index (χ4n) is 4.29. The van der Waals surface area contributed by atoms with E-state index in [9.17, 15) is 0 Å². The molecule has 1 saturated carbocycles. The van der Waals surface area contributed by atoms with Crippen LogP contribution in [0, 0.1) is 11.8 Å². The van der Waals surface area contributed by atoms with Gasteiger partial charge in [-0.2, -0.15) is 0 Å². The summed E-state index contributed by atoms with van der Waals surface area (Å²) >= 11 is 0. The van der Waals surface area contributed by atoms with E-state index in [1.807, 2.05) is 0 Å². The minimum Gasteiger partial charge on any atom is -0.314 e. The molecular weight excluding hydrogens is 256 g/mol. The van der Waals surface area contributed by atoms with Crippen molar-refractivity contribution in [3.05, 3.63) is 0 Å². The minimum atomic E-state index is 0.802. The second-order valence-corrected chi connectivity index (χ2v) is 7.81. The van der Waals surface area contributed by atoms with Gasteiger partial charge < -0.3 is 10.6 Å². The second-order valence-electron chi connectivity index (χ2n) is 7.81. The van der Waals surface area contributed by atoms with Gasteiger partial charge in [0.15, 0.2) is 0 Å². The Labute approximate surface area is 132 Å². The highest BCUT2D eigenvalue weighted by Crippen LogP contribution is 2.31. The van der Waals surface area contributed by atoms with Gasteiger partial charge in [0.2, 0.25) is 0 Å². The van der Waals surface area contributed by atoms with E-state index in [2.05, 4.69) is 24.5 Å². The number of unbranched alkanes of at least 4 members (excludes halogenated alkanes) is 3. The highest BCUT2D eigenvalue weighted by Gasteiger charge is 2.33. The molecular formula is C19H38N2. The van der Waals surface area contributed by atoms with Crippen LogP contribution in [0.1, 0.15) is 84.5 Å². The van der Waals surface area contributed by atoms with Crippen LogP contribution >= 0.6 is 0 Å². The van der Waals surface area contributed by atoms with Crippen LogP contribution in [-0.4, -0.2) is 25.2 Å². The summed E-state index contributed by atoms with van der Waals surface area (Å²) in [7, 11) is 0. The Hall–Kier alpha value is -0.0800. The monoisotopic (exact) mass is 294 g/mol. The first-order valence-corrected chi connectivity index (χ1v) is 9.74. The Kier molecular flexibility index (Phi) is 8.10. The Morgan fingerprint density at radius 3 is 2.57 bits per heavy atom. The number of hydrogen-bond acceptors (Lipinski definition) is 2. The molecule has 0 aromatic carbocycles. The third kappa shape index (κ3) is 6.28. The van der Waals surface area contributed by atoms with Gasteiger partial charge in [0.05, 0.1) is 0 Å². The fraction of sp³-hybridized carbons (Fsp3) is 1.00. The molecule has 124 valence electrons. The third-order valence-electron chi connectivity index (χ3n) is 5.55. The van der Waals surface area contributed by atoms with E-state index < -0.39 is 0 Å². The lowest BCUT2D eigenvalue weighted by Gasteiger charge is -2.33. The van der Waals surface area contributed by atoms with Crippen molar-refractivity contribution >= 4 is 0 Å². The second kappa shape index (κ2) is 9.84. The zero-order chi connectivity index (χ0) is 14.9. The molecule has 2 fully saturated rings. The third-order valence-corrected chi connectivity index (χ3v) is 5.55. The molecule has 1 saturated heterocycles. The van der Waals surface area contributed by atoms with Crippen molar-refractivity contribution in [1.29, 1.82) is 0 Å². The molecule has 2 N–H and O–H groups in total. The van der Waals surface area contributed by atoms with E-state index in [1.165, 1.54) is 83.7 Å². The molecule has 0 amide bonds. The first-order chi connectivity index (χ1) is 10.3. The van der Waals surface area contributed by atoms with Crippen molar-refractivity contribution in [2.75, 3.05) is 13.1 Å². The summed E-state index contributed by atoms with van der Waals surface area (Å²) in [5.74, 6) is 1.79. The van der Waals surface area contributed by atoms with Crippen LogP contribution in [-0.2, 0) is 0 Å². The first kappa shape index (κ1) is 17.3. The normalized spacial score (nSPS) is 30.1. The fourth-order valence-corrected chi connectivity index (χ4v) is 4.29. The van der Waals surface area contributed by atoms with Crippen molar-refractivity contribution < 1.29 is 0 Å². The topological polar surface area (TPSA) is 24.1 Å². The van der Waals surface area contributed by atoms with Gasteiger partial charge in [-0.25, -0.2) is 0 Å². The maximum absolute atomic E-state index is 3.89. The van der Waals surface area contributed by atoms with E-state index in [0.717, 1.165) is 23.9 Å². The molecule has 0 radical (unpaired) electrons. The summed E-state index contributed by atoms with van der Waals surface area (Å²) in [4.78, 5) is 0. The smallest absolute Gasteiger partial charge is 0.0110 e. The largest absolute Gasteiger partial charge is 0.314 e. The molecule has 21 heavy (non-hydrogen) atoms. The average Bonchev–Trinajstić information content (AvgIpc) is 2.95. The molecule has 0 bridgehead atoms. The lowest BCUT2D eigenvalue weighted by molar-refractivity contribution is 0.257. The Morgan fingerprint density at radius 2 is 1.81 bits per heavy atom.